The Kier molecular flexibility index (Phi) is 4.36. The number of nitrogens with two attached hydrogens (primary N) is 1. The quantitative estimate of drug-likeness (QED) is 0.623. The number of hydrogen-bond donors (Lipinski definition) is 2. The van der Waals surface area contributed by atoms with Crippen LogP contribution in [0.3, 0.4) is 0 Å². The first-order valence-corrected chi connectivity index (χ1v) is 4.44. The number of carbonyl (C=O) groups is 1. The van der Waals surface area contributed by atoms with E-state index in [1.807, 2.05) is 13.8 Å². The maximum absolute atomic E-state index is 11.3. The van der Waals surface area contributed by atoms with Crippen LogP contribution < -0.4 is 5.73 Å². The van der Waals surface area contributed by atoms with E-state index in [0.717, 1.165) is 0 Å². The van der Waals surface area contributed by atoms with E-state index in [9.17, 15) is 9.90 Å². The highest BCUT2D eigenvalue weighted by molar-refractivity contribution is 5.79. The van der Waals surface area contributed by atoms with E-state index in [1.54, 1.807) is 6.92 Å². The highest BCUT2D eigenvalue weighted by Crippen LogP contribution is 2.10. The maximum Gasteiger partial charge on any atom is 0.339 e. The van der Waals surface area contributed by atoms with Crippen molar-refractivity contribution < 1.29 is 14.6 Å². The Morgan fingerprint density at radius 1 is 1.54 bits per heavy atom. The fraction of sp³-hybridized carbons (Fsp3) is 0.889. The highest BCUT2D eigenvalue weighted by atomic mass is 16.6. The summed E-state index contributed by atoms with van der Waals surface area (Å²) in [6.07, 6.45) is -0.203. The molecule has 13 heavy (non-hydrogen) atoms. The average Bonchev–Trinajstić information content (AvgIpc) is 2.04. The van der Waals surface area contributed by atoms with E-state index in [1.165, 1.54) is 6.92 Å². The van der Waals surface area contributed by atoms with E-state index in [2.05, 4.69) is 0 Å². The summed E-state index contributed by atoms with van der Waals surface area (Å²) in [6.45, 7) is 6.89. The molecule has 0 bridgehead atoms. The van der Waals surface area contributed by atoms with Crippen LogP contribution in [0.2, 0.25) is 0 Å². The standard InChI is InChI=1S/C9H19NO3/c1-6(2)7(3)13-8(11)9(4,12)5-10/h6-7,12H,5,10H2,1-4H3. The summed E-state index contributed by atoms with van der Waals surface area (Å²) in [5.41, 5.74) is 3.64. The van der Waals surface area contributed by atoms with Crippen LogP contribution in [0.4, 0.5) is 0 Å². The zero-order valence-corrected chi connectivity index (χ0v) is 8.70. The van der Waals surface area contributed by atoms with Crippen LogP contribution in [0.25, 0.3) is 0 Å². The summed E-state index contributed by atoms with van der Waals surface area (Å²) in [7, 11) is 0. The molecule has 0 aromatic rings. The van der Waals surface area contributed by atoms with Crippen LogP contribution in [-0.4, -0.2) is 29.3 Å². The van der Waals surface area contributed by atoms with Gasteiger partial charge in [-0.15, -0.1) is 0 Å². The molecule has 0 saturated carbocycles. The second-order valence-electron chi connectivity index (χ2n) is 3.83. The monoisotopic (exact) mass is 189 g/mol. The van der Waals surface area contributed by atoms with Crippen LogP contribution in [-0.2, 0) is 9.53 Å². The van der Waals surface area contributed by atoms with Crippen molar-refractivity contribution in [1.29, 1.82) is 0 Å². The highest BCUT2D eigenvalue weighted by Gasteiger charge is 2.31. The molecule has 2 unspecified atom stereocenters. The van der Waals surface area contributed by atoms with Crippen LogP contribution >= 0.6 is 0 Å². The van der Waals surface area contributed by atoms with Crippen molar-refractivity contribution in [2.24, 2.45) is 11.7 Å². The molecule has 0 aromatic carbocycles. The Morgan fingerprint density at radius 3 is 2.31 bits per heavy atom. The molecule has 78 valence electrons. The minimum atomic E-state index is -1.57. The zero-order chi connectivity index (χ0) is 10.6. The molecule has 0 spiro atoms. The second kappa shape index (κ2) is 4.58. The lowest BCUT2D eigenvalue weighted by Gasteiger charge is -2.23. The molecule has 3 N–H and O–H groups in total. The molecule has 0 rings (SSSR count). The van der Waals surface area contributed by atoms with Gasteiger partial charge in [-0.1, -0.05) is 13.8 Å². The Balaban J connectivity index is 4.15. The first-order valence-electron chi connectivity index (χ1n) is 4.44. The molecule has 0 saturated heterocycles. The smallest absolute Gasteiger partial charge is 0.339 e. The normalized spacial score (nSPS) is 18.1. The summed E-state index contributed by atoms with van der Waals surface area (Å²) in [6, 6.07) is 0. The van der Waals surface area contributed by atoms with E-state index >= 15 is 0 Å². The maximum atomic E-state index is 11.3. The molecular formula is C9H19NO3. The summed E-state index contributed by atoms with van der Waals surface area (Å²) in [5, 5.41) is 9.42. The van der Waals surface area contributed by atoms with Gasteiger partial charge in [0.1, 0.15) is 6.10 Å². The van der Waals surface area contributed by atoms with Gasteiger partial charge in [-0.05, 0) is 19.8 Å². The molecule has 0 amide bonds. The summed E-state index contributed by atoms with van der Waals surface area (Å²) in [4.78, 5) is 11.3. The summed E-state index contributed by atoms with van der Waals surface area (Å²) in [5.74, 6) is -0.422. The molecule has 2 atom stereocenters. The van der Waals surface area contributed by atoms with Gasteiger partial charge in [0.25, 0.3) is 0 Å². The van der Waals surface area contributed by atoms with E-state index < -0.39 is 11.6 Å². The molecule has 0 heterocycles. The lowest BCUT2D eigenvalue weighted by Crippen LogP contribution is -2.45. The van der Waals surface area contributed by atoms with Gasteiger partial charge in [-0.2, -0.15) is 0 Å². The van der Waals surface area contributed by atoms with Gasteiger partial charge in [-0.3, -0.25) is 0 Å². The van der Waals surface area contributed by atoms with Gasteiger partial charge in [0.2, 0.25) is 0 Å². The number of rotatable bonds is 4. The lowest BCUT2D eigenvalue weighted by atomic mass is 10.1. The van der Waals surface area contributed by atoms with Crippen LogP contribution in [0.1, 0.15) is 27.7 Å². The van der Waals surface area contributed by atoms with Crippen LogP contribution in [0, 0.1) is 5.92 Å². The Morgan fingerprint density at radius 2 is 2.00 bits per heavy atom. The summed E-state index contributed by atoms with van der Waals surface area (Å²) < 4.78 is 5.00. The van der Waals surface area contributed by atoms with Crippen molar-refractivity contribution in [3.63, 3.8) is 0 Å². The minimum Gasteiger partial charge on any atom is -0.460 e. The fourth-order valence-electron chi connectivity index (χ4n) is 0.515. The number of esters is 1. The average molecular weight is 189 g/mol. The van der Waals surface area contributed by atoms with Gasteiger partial charge in [-0.25, -0.2) is 4.79 Å². The predicted molar refractivity (Wildman–Crippen MR) is 50.1 cm³/mol. The Bertz CT molecular complexity index is 178. The van der Waals surface area contributed by atoms with Crippen molar-refractivity contribution in [2.75, 3.05) is 6.54 Å². The number of hydrogen-bond acceptors (Lipinski definition) is 4. The number of aliphatic hydroxyl groups is 1. The van der Waals surface area contributed by atoms with Crippen molar-refractivity contribution in [1.82, 2.24) is 0 Å². The first kappa shape index (κ1) is 12.4. The third-order valence-electron chi connectivity index (χ3n) is 2.07. The lowest BCUT2D eigenvalue weighted by molar-refractivity contribution is -0.169. The third-order valence-corrected chi connectivity index (χ3v) is 2.07. The van der Waals surface area contributed by atoms with Crippen molar-refractivity contribution in [3.05, 3.63) is 0 Å². The number of carbonyl (C=O) groups excluding carboxylic acids is 1. The predicted octanol–water partition coefficient (Wildman–Crippen LogP) is 0.284. The van der Waals surface area contributed by atoms with Gasteiger partial charge in [0, 0.05) is 6.54 Å². The Labute approximate surface area is 79.1 Å². The molecule has 4 nitrogen and oxygen atoms in total. The number of ether oxygens (including phenoxy) is 1. The molecule has 0 aliphatic heterocycles. The van der Waals surface area contributed by atoms with Crippen molar-refractivity contribution in [3.8, 4) is 0 Å². The molecule has 0 aliphatic carbocycles. The molecule has 4 heteroatoms. The first-order chi connectivity index (χ1) is 5.81. The Hall–Kier alpha value is -0.610. The van der Waals surface area contributed by atoms with Crippen LogP contribution in [0.15, 0.2) is 0 Å². The topological polar surface area (TPSA) is 72.5 Å². The van der Waals surface area contributed by atoms with Gasteiger partial charge >= 0.3 is 5.97 Å². The van der Waals surface area contributed by atoms with E-state index in [-0.39, 0.29) is 18.6 Å². The van der Waals surface area contributed by atoms with Gasteiger partial charge in [0.15, 0.2) is 5.60 Å². The second-order valence-corrected chi connectivity index (χ2v) is 3.83. The molecule has 0 aromatic heterocycles. The fourth-order valence-corrected chi connectivity index (χ4v) is 0.515. The van der Waals surface area contributed by atoms with E-state index in [4.69, 9.17) is 10.5 Å². The molecule has 0 aliphatic rings. The van der Waals surface area contributed by atoms with Crippen LogP contribution in [0.5, 0.6) is 0 Å². The van der Waals surface area contributed by atoms with E-state index in [0.29, 0.717) is 0 Å². The van der Waals surface area contributed by atoms with Crippen molar-refractivity contribution >= 4 is 5.97 Å². The molecular weight excluding hydrogens is 170 g/mol. The minimum absolute atomic E-state index is 0.128. The zero-order valence-electron chi connectivity index (χ0n) is 8.70. The summed E-state index contributed by atoms with van der Waals surface area (Å²) >= 11 is 0. The molecule has 0 fully saturated rings. The van der Waals surface area contributed by atoms with Gasteiger partial charge < -0.3 is 15.6 Å². The molecule has 0 radical (unpaired) electrons. The largest absolute Gasteiger partial charge is 0.460 e. The van der Waals surface area contributed by atoms with Gasteiger partial charge in [0.05, 0.1) is 0 Å². The third kappa shape index (κ3) is 3.74. The van der Waals surface area contributed by atoms with Crippen molar-refractivity contribution in [2.45, 2.75) is 39.4 Å². The SMILES string of the molecule is CC(C)C(C)OC(=O)C(C)(O)CN.